The fourth-order valence-electron chi connectivity index (χ4n) is 1.01. The summed E-state index contributed by atoms with van der Waals surface area (Å²) in [5.74, 6) is 0.189. The first kappa shape index (κ1) is 11.4. The maximum atomic E-state index is 11.0. The lowest BCUT2D eigenvalue weighted by atomic mass is 10.3. The lowest BCUT2D eigenvalue weighted by molar-refractivity contribution is -0.387. The summed E-state index contributed by atoms with van der Waals surface area (Å²) in [5, 5.41) is 15.4. The predicted molar refractivity (Wildman–Crippen MR) is 51.0 cm³/mol. The maximum Gasteiger partial charge on any atom is 0.293 e. The molecule has 0 heterocycles. The summed E-state index contributed by atoms with van der Waals surface area (Å²) in [6.07, 6.45) is 0. The van der Waals surface area contributed by atoms with Gasteiger partial charge in [-0.05, 0) is 12.1 Å². The van der Waals surface area contributed by atoms with E-state index in [4.69, 9.17) is 9.88 Å². The first-order valence-electron chi connectivity index (χ1n) is 3.71. The molecule has 0 aliphatic carbocycles. The van der Waals surface area contributed by atoms with Crippen LogP contribution in [0.5, 0.6) is 5.75 Å². The molecule has 0 aliphatic rings. The Kier molecular flexibility index (Phi) is 2.91. The van der Waals surface area contributed by atoms with Crippen molar-refractivity contribution in [3.63, 3.8) is 0 Å². The van der Waals surface area contributed by atoms with Crippen molar-refractivity contribution in [2.45, 2.75) is 4.90 Å². The van der Waals surface area contributed by atoms with Crippen LogP contribution in [0.2, 0.25) is 0 Å². The summed E-state index contributed by atoms with van der Waals surface area (Å²) in [4.78, 5) is 9.20. The number of rotatable bonds is 3. The average Bonchev–Trinajstić information content (AvgIpc) is 2.15. The summed E-state index contributed by atoms with van der Waals surface area (Å²) >= 11 is 0. The van der Waals surface area contributed by atoms with Crippen LogP contribution in [0.4, 0.5) is 5.69 Å². The highest BCUT2D eigenvalue weighted by Gasteiger charge is 2.23. The lowest BCUT2D eigenvalue weighted by Crippen LogP contribution is -2.14. The van der Waals surface area contributed by atoms with Crippen LogP contribution in [-0.4, -0.2) is 20.5 Å². The Morgan fingerprint density at radius 3 is 2.47 bits per heavy atom. The van der Waals surface area contributed by atoms with Crippen molar-refractivity contribution in [3.8, 4) is 5.75 Å². The van der Waals surface area contributed by atoms with Crippen LogP contribution in [-0.2, 0) is 10.0 Å². The molecule has 7 nitrogen and oxygen atoms in total. The van der Waals surface area contributed by atoms with Gasteiger partial charge in [-0.25, -0.2) is 13.6 Å². The molecule has 0 aliphatic heterocycles. The minimum Gasteiger partial charge on any atom is -0.497 e. The Labute approximate surface area is 85.7 Å². The molecular weight excluding hydrogens is 224 g/mol. The van der Waals surface area contributed by atoms with E-state index in [9.17, 15) is 18.5 Å². The van der Waals surface area contributed by atoms with E-state index in [-0.39, 0.29) is 5.75 Å². The van der Waals surface area contributed by atoms with Gasteiger partial charge < -0.3 is 4.74 Å². The molecule has 1 aromatic rings. The van der Waals surface area contributed by atoms with E-state index in [1.54, 1.807) is 0 Å². The van der Waals surface area contributed by atoms with E-state index in [0.717, 1.165) is 12.1 Å². The minimum atomic E-state index is -4.10. The Morgan fingerprint density at radius 1 is 1.47 bits per heavy atom. The summed E-state index contributed by atoms with van der Waals surface area (Å²) in [6.45, 7) is 0. The highest BCUT2D eigenvalue weighted by molar-refractivity contribution is 7.89. The normalized spacial score (nSPS) is 11.1. The highest BCUT2D eigenvalue weighted by atomic mass is 32.2. The third-order valence-electron chi connectivity index (χ3n) is 1.67. The van der Waals surface area contributed by atoms with Crippen LogP contribution in [0.3, 0.4) is 0 Å². The third-order valence-corrected chi connectivity index (χ3v) is 2.63. The largest absolute Gasteiger partial charge is 0.497 e. The number of nitro benzene ring substituents is 1. The SMILES string of the molecule is COc1ccc(S(N)(=O)=O)c([N+](=O)[O-])c1. The van der Waals surface area contributed by atoms with E-state index in [1.165, 1.54) is 13.2 Å². The van der Waals surface area contributed by atoms with Crippen molar-refractivity contribution in [1.82, 2.24) is 0 Å². The summed E-state index contributed by atoms with van der Waals surface area (Å²) in [6, 6.07) is 3.32. The molecule has 0 aromatic heterocycles. The number of nitrogens with two attached hydrogens (primary N) is 1. The zero-order chi connectivity index (χ0) is 11.6. The van der Waals surface area contributed by atoms with Crippen LogP contribution in [0.15, 0.2) is 23.1 Å². The summed E-state index contributed by atoms with van der Waals surface area (Å²) in [5.41, 5.74) is -0.600. The average molecular weight is 232 g/mol. The van der Waals surface area contributed by atoms with E-state index in [2.05, 4.69) is 0 Å². The second kappa shape index (κ2) is 3.83. The molecule has 0 bridgehead atoms. The fourth-order valence-corrected chi connectivity index (χ4v) is 1.69. The van der Waals surface area contributed by atoms with Crippen LogP contribution in [0.1, 0.15) is 0 Å². The maximum absolute atomic E-state index is 11.0. The van der Waals surface area contributed by atoms with Crippen molar-refractivity contribution in [2.24, 2.45) is 5.14 Å². The predicted octanol–water partition coefficient (Wildman–Crippen LogP) is 0.251. The standard InChI is InChI=1S/C7H8N2O5S/c1-14-5-2-3-7(15(8,12)13)6(4-5)9(10)11/h2-4H,1H3,(H2,8,12,13). The minimum absolute atomic E-state index is 0.189. The summed E-state index contributed by atoms with van der Waals surface area (Å²) in [7, 11) is -2.79. The van der Waals surface area contributed by atoms with E-state index < -0.39 is 25.5 Å². The molecule has 0 saturated carbocycles. The Bertz CT molecular complexity index is 496. The van der Waals surface area contributed by atoms with Gasteiger partial charge in [-0.1, -0.05) is 0 Å². The first-order chi connectivity index (χ1) is 6.86. The molecule has 0 fully saturated rings. The van der Waals surface area contributed by atoms with Crippen molar-refractivity contribution in [1.29, 1.82) is 0 Å². The molecule has 0 atom stereocenters. The molecule has 1 rings (SSSR count). The molecule has 8 heteroatoms. The van der Waals surface area contributed by atoms with Gasteiger partial charge in [-0.15, -0.1) is 0 Å². The van der Waals surface area contributed by atoms with Gasteiger partial charge in [0.15, 0.2) is 4.90 Å². The van der Waals surface area contributed by atoms with Gasteiger partial charge in [0, 0.05) is 0 Å². The van der Waals surface area contributed by atoms with Crippen LogP contribution in [0, 0.1) is 10.1 Å². The van der Waals surface area contributed by atoms with E-state index >= 15 is 0 Å². The molecule has 15 heavy (non-hydrogen) atoms. The molecular formula is C7H8N2O5S. The van der Waals surface area contributed by atoms with Crippen molar-refractivity contribution in [3.05, 3.63) is 28.3 Å². The molecule has 0 spiro atoms. The van der Waals surface area contributed by atoms with Crippen LogP contribution in [0.25, 0.3) is 0 Å². The number of nitrogens with zero attached hydrogens (tertiary/aromatic N) is 1. The van der Waals surface area contributed by atoms with E-state index in [1.807, 2.05) is 0 Å². The number of nitro groups is 1. The van der Waals surface area contributed by atoms with Gasteiger partial charge in [0.25, 0.3) is 5.69 Å². The van der Waals surface area contributed by atoms with Crippen LogP contribution >= 0.6 is 0 Å². The topological polar surface area (TPSA) is 113 Å². The molecule has 0 amide bonds. The number of hydrogen-bond donors (Lipinski definition) is 1. The second-order valence-electron chi connectivity index (χ2n) is 2.64. The fraction of sp³-hybridized carbons (Fsp3) is 0.143. The number of benzene rings is 1. The highest BCUT2D eigenvalue weighted by Crippen LogP contribution is 2.27. The third kappa shape index (κ3) is 2.42. The molecule has 2 N–H and O–H groups in total. The monoisotopic (exact) mass is 232 g/mol. The van der Waals surface area contributed by atoms with Crippen molar-refractivity contribution < 1.29 is 18.1 Å². The van der Waals surface area contributed by atoms with Crippen molar-refractivity contribution in [2.75, 3.05) is 7.11 Å². The van der Waals surface area contributed by atoms with Gasteiger partial charge in [-0.3, -0.25) is 10.1 Å². The van der Waals surface area contributed by atoms with Crippen molar-refractivity contribution >= 4 is 15.7 Å². The molecule has 0 radical (unpaired) electrons. The van der Waals surface area contributed by atoms with Gasteiger partial charge in [0.1, 0.15) is 5.75 Å². The van der Waals surface area contributed by atoms with E-state index in [0.29, 0.717) is 0 Å². The number of sulfonamides is 1. The number of methoxy groups -OCH3 is 1. The Balaban J connectivity index is 3.48. The number of primary sulfonamides is 1. The Morgan fingerprint density at radius 2 is 2.07 bits per heavy atom. The van der Waals surface area contributed by atoms with Gasteiger partial charge in [0.05, 0.1) is 18.1 Å². The number of hydrogen-bond acceptors (Lipinski definition) is 5. The molecule has 0 saturated heterocycles. The molecule has 82 valence electrons. The zero-order valence-corrected chi connectivity index (χ0v) is 8.52. The smallest absolute Gasteiger partial charge is 0.293 e. The zero-order valence-electron chi connectivity index (χ0n) is 7.71. The first-order valence-corrected chi connectivity index (χ1v) is 5.26. The van der Waals surface area contributed by atoms with Crippen LogP contribution < -0.4 is 9.88 Å². The Hall–Kier alpha value is -1.67. The summed E-state index contributed by atoms with van der Waals surface area (Å²) < 4.78 is 26.7. The van der Waals surface area contributed by atoms with Gasteiger partial charge in [-0.2, -0.15) is 0 Å². The van der Waals surface area contributed by atoms with Gasteiger partial charge in [0.2, 0.25) is 10.0 Å². The lowest BCUT2D eigenvalue weighted by Gasteiger charge is -2.02. The second-order valence-corrected chi connectivity index (χ2v) is 4.17. The number of ether oxygens (including phenoxy) is 1. The molecule has 0 unspecified atom stereocenters. The van der Waals surface area contributed by atoms with Gasteiger partial charge >= 0.3 is 0 Å². The molecule has 1 aromatic carbocycles. The quantitative estimate of drug-likeness (QED) is 0.592.